The van der Waals surface area contributed by atoms with Crippen LogP contribution in [0.3, 0.4) is 0 Å². The van der Waals surface area contributed by atoms with E-state index in [0.717, 1.165) is 24.3 Å². The van der Waals surface area contributed by atoms with E-state index in [1.165, 1.54) is 27.2 Å². The lowest BCUT2D eigenvalue weighted by atomic mass is 9.55. The normalized spacial score (nSPS) is 36.9. The van der Waals surface area contributed by atoms with Crippen LogP contribution in [0.4, 0.5) is 0 Å². The van der Waals surface area contributed by atoms with Gasteiger partial charge in [-0.15, -0.1) is 0 Å². The zero-order valence-corrected chi connectivity index (χ0v) is 55.1. The Hall–Kier alpha value is -6.77. The number of likely N-dealkylation sites (N-methyl/N-ethyl adjacent to an activating group) is 2. The summed E-state index contributed by atoms with van der Waals surface area (Å²) in [4.78, 5) is 81.0. The first-order valence-corrected chi connectivity index (χ1v) is 32.3. The second-order valence-corrected chi connectivity index (χ2v) is 27.0. The fourth-order valence-electron chi connectivity index (χ4n) is 17.1. The Morgan fingerprint density at radius 1 is 0.562 bits per heavy atom. The van der Waals surface area contributed by atoms with Crippen LogP contribution in [0.25, 0.3) is 38.7 Å². The summed E-state index contributed by atoms with van der Waals surface area (Å²) in [5.41, 5.74) is 1.13. The lowest BCUT2D eigenvalue weighted by Gasteiger charge is -2.59. The van der Waals surface area contributed by atoms with Crippen molar-refractivity contribution in [1.82, 2.24) is 9.80 Å². The van der Waals surface area contributed by atoms with Crippen LogP contribution in [0.2, 0.25) is 0 Å². The molecule has 4 aliphatic heterocycles. The number of Topliss-reactive ketones (excluding diaryl/α,β-unsaturated/α-hetero) is 1. The zero-order chi connectivity index (χ0) is 69.5. The third-order valence-electron chi connectivity index (χ3n) is 21.4. The third-order valence-corrected chi connectivity index (χ3v) is 21.4. The average molecular weight is 1340 g/mol. The maximum atomic E-state index is 17.8. The van der Waals surface area contributed by atoms with Gasteiger partial charge in [0.15, 0.2) is 53.4 Å². The van der Waals surface area contributed by atoms with Crippen LogP contribution < -0.4 is 16.2 Å². The summed E-state index contributed by atoms with van der Waals surface area (Å²) < 4.78 is 67.9. The number of aromatic hydroxyl groups is 4. The van der Waals surface area contributed by atoms with Crippen LogP contribution in [0.15, 0.2) is 45.2 Å². The Morgan fingerprint density at radius 2 is 1.01 bits per heavy atom. The molecule has 4 heterocycles. The molecule has 0 saturated carbocycles. The van der Waals surface area contributed by atoms with E-state index in [4.69, 9.17) is 47.4 Å². The van der Waals surface area contributed by atoms with Gasteiger partial charge in [-0.05, 0) is 105 Å². The number of carbonyl (C=O) groups excluding carboxylic acids is 3. The molecule has 96 heavy (non-hydrogen) atoms. The number of aliphatic hydroxyl groups is 5. The summed E-state index contributed by atoms with van der Waals surface area (Å²) >= 11 is 0. The number of fused-ring (bicyclic) bond motifs is 8. The molecular formula is C68H82N4O24. The van der Waals surface area contributed by atoms with Crippen molar-refractivity contribution >= 4 is 50.5 Å². The summed E-state index contributed by atoms with van der Waals surface area (Å²) in [5, 5.41) is 109. The SMILES string of the molecule is CC[C@@]1(O[C@H]2C[C@H](OC)[C@@H](O)[C@H](C)O2)[C@H](O[C@@H]2C[C@H](O)[C@@H](N(C)C)[C@H](C)O2)C2=Cc3c(O)c4c(c(O)c3C2=C(O)[C@@H]1[C@H]1C(=O)c2c(c(=[N+]=[N-])c3c(O)c5c(=O)ccc(=O)c5c(O)c23)[C@@H](O[C@@H]2C[C@H](O)[C@@H](N(C)C)[C@H](C)O2)[C@@]1(CC)O[C@H]1C[C@H](OC)[C@@H](O)[C@H](C)O1)C(=O)C=CC4=O. The van der Waals surface area contributed by atoms with Gasteiger partial charge in [-0.1, -0.05) is 13.8 Å². The average Bonchev–Trinajstić information content (AvgIpc) is 1.44. The highest BCUT2D eigenvalue weighted by Gasteiger charge is 2.71. The van der Waals surface area contributed by atoms with Crippen LogP contribution in [0.5, 0.6) is 23.0 Å². The Kier molecular flexibility index (Phi) is 18.4. The van der Waals surface area contributed by atoms with E-state index in [2.05, 4.69) is 4.79 Å². The van der Waals surface area contributed by atoms with Crippen LogP contribution in [0, 0.1) is 11.8 Å². The van der Waals surface area contributed by atoms with Gasteiger partial charge in [0.05, 0.1) is 100 Å². The van der Waals surface area contributed by atoms with Crippen molar-refractivity contribution in [2.75, 3.05) is 42.4 Å². The fraction of sp³-hybridized carbons (Fsp3) is 0.588. The molecule has 4 aliphatic carbocycles. The van der Waals surface area contributed by atoms with Crippen molar-refractivity contribution in [1.29, 1.82) is 0 Å². The van der Waals surface area contributed by atoms with Gasteiger partial charge in [-0.2, -0.15) is 4.79 Å². The van der Waals surface area contributed by atoms with E-state index in [-0.39, 0.29) is 43.2 Å². The lowest BCUT2D eigenvalue weighted by Crippen LogP contribution is -2.68. The van der Waals surface area contributed by atoms with Crippen molar-refractivity contribution in [2.24, 2.45) is 11.8 Å². The number of allylic oxidation sites excluding steroid dienone is 2. The Bertz CT molecular complexity index is 4110. The van der Waals surface area contributed by atoms with Crippen LogP contribution >= 0.6 is 0 Å². The first-order valence-electron chi connectivity index (χ1n) is 32.3. The molecule has 8 aliphatic rings. The molecule has 518 valence electrons. The summed E-state index contributed by atoms with van der Waals surface area (Å²) in [6.45, 7) is 9.66. The van der Waals surface area contributed by atoms with Crippen molar-refractivity contribution in [3.05, 3.63) is 100 Å². The van der Waals surface area contributed by atoms with Gasteiger partial charge in [-0.25, -0.2) is 0 Å². The number of hydrogen-bond acceptors (Lipinski definition) is 26. The number of nitrogens with zero attached hydrogens (tertiary/aromatic N) is 4. The number of benzene rings is 3. The van der Waals surface area contributed by atoms with Crippen molar-refractivity contribution in [2.45, 2.75) is 202 Å². The van der Waals surface area contributed by atoms with Gasteiger partial charge >= 0.3 is 5.36 Å². The number of aliphatic hydroxyl groups excluding tert-OH is 5. The van der Waals surface area contributed by atoms with E-state index in [1.54, 1.807) is 72.6 Å². The van der Waals surface area contributed by atoms with E-state index in [1.807, 2.05) is 0 Å². The molecular weight excluding hydrogens is 1260 g/mol. The van der Waals surface area contributed by atoms with Crippen molar-refractivity contribution in [3.8, 4) is 23.0 Å². The minimum Gasteiger partial charge on any atom is -0.511 e. The molecule has 9 N–H and O–H groups in total. The highest BCUT2D eigenvalue weighted by molar-refractivity contribution is 6.26. The van der Waals surface area contributed by atoms with Crippen LogP contribution in [-0.2, 0) is 47.4 Å². The summed E-state index contributed by atoms with van der Waals surface area (Å²) in [6.07, 6.45) is -19.5. The zero-order valence-electron chi connectivity index (χ0n) is 55.1. The topological polar surface area (TPSA) is 403 Å². The molecule has 0 spiro atoms. The first kappa shape index (κ1) is 69.1. The molecule has 28 heteroatoms. The number of phenolic OH excluding ortho intramolecular Hbond substituents is 4. The third kappa shape index (κ3) is 10.4. The largest absolute Gasteiger partial charge is 0.511 e. The smallest absolute Gasteiger partial charge is 0.333 e. The number of phenols is 4. The van der Waals surface area contributed by atoms with E-state index in [0.29, 0.717) is 0 Å². The van der Waals surface area contributed by atoms with Gasteiger partial charge in [0, 0.05) is 67.6 Å². The number of methoxy groups -OCH3 is 2. The lowest BCUT2D eigenvalue weighted by molar-refractivity contribution is -0.350. The molecule has 28 nitrogen and oxygen atoms in total. The number of rotatable bonds is 15. The minimum absolute atomic E-state index is 0.116. The Morgan fingerprint density at radius 3 is 1.46 bits per heavy atom. The molecule has 4 fully saturated rings. The van der Waals surface area contributed by atoms with Gasteiger partial charge in [0.2, 0.25) is 0 Å². The highest BCUT2D eigenvalue weighted by atomic mass is 16.7. The van der Waals surface area contributed by atoms with Gasteiger partial charge in [-0.3, -0.25) is 24.0 Å². The number of ketones is 3. The Labute approximate surface area is 550 Å². The number of carbonyl (C=O) groups is 3. The fourth-order valence-corrected chi connectivity index (χ4v) is 17.1. The van der Waals surface area contributed by atoms with Gasteiger partial charge in [0.1, 0.15) is 69.8 Å². The second-order valence-electron chi connectivity index (χ2n) is 27.0. The first-order chi connectivity index (χ1) is 45.5. The maximum Gasteiger partial charge on any atom is 0.333 e. The van der Waals surface area contributed by atoms with Crippen LogP contribution in [-0.4, -0.2) is 236 Å². The number of ether oxygens (including phenoxy) is 10. The minimum atomic E-state index is -2.55. The number of hydrogen-bond donors (Lipinski definition) is 9. The predicted octanol–water partition coefficient (Wildman–Crippen LogP) is 2.93. The van der Waals surface area contributed by atoms with E-state index < -0.39 is 257 Å². The Balaban J connectivity index is 1.24. The van der Waals surface area contributed by atoms with Gasteiger partial charge in [0.25, 0.3) is 0 Å². The molecule has 4 saturated heterocycles. The van der Waals surface area contributed by atoms with Crippen molar-refractivity contribution in [3.63, 3.8) is 0 Å². The standard InChI is InChI=1S/C68H82N4O24/c1-13-67(95-40-22-36(87-11)57(79)26(5)91-40)52(63(85)43-29(65(67)93-38-20-34(77)55(71(7)8)24(3)89-38)19-28-42(43)60(82)45-31(74)16-15-30(73)44(45)59(28)81)53-64(86)49-48-50(62(84)47-33(76)18-17-32(75)46(47)61(48)83)54(70-69)51(49)66(94-39-21-35(78)56(72(9)10)25(4)90-39)68(53,14-2)96-41-23-37(88-12)58(80)27(6)92-41/h15-19,24-27,34-41,52-53,55-58,65-66,77-85H,13-14,20-23H2,1-12H3/t24-,25-,26-,27-,34-,35-,36-,37-,38+,39+,40-,41-,52-,53-,55-,56-,57-,58-,65+,66+,67-,68-/m0/s1. The molecule has 4 aromatic carbocycles. The molecule has 0 bridgehead atoms. The molecule has 0 aromatic heterocycles. The molecule has 22 atom stereocenters. The summed E-state index contributed by atoms with van der Waals surface area (Å²) in [6, 6.07) is 0.465. The summed E-state index contributed by atoms with van der Waals surface area (Å²) in [5.74, 6) is -11.9. The molecule has 0 amide bonds. The van der Waals surface area contributed by atoms with E-state index >= 15 is 4.79 Å². The second kappa shape index (κ2) is 25.5. The van der Waals surface area contributed by atoms with Gasteiger partial charge < -0.3 is 109 Å². The van der Waals surface area contributed by atoms with E-state index in [9.17, 15) is 70.7 Å². The molecule has 0 unspecified atom stereocenters. The highest BCUT2D eigenvalue weighted by Crippen LogP contribution is 2.65. The molecule has 0 radical (unpaired) electrons. The predicted molar refractivity (Wildman–Crippen MR) is 336 cm³/mol. The maximum absolute atomic E-state index is 17.8. The van der Waals surface area contributed by atoms with Crippen molar-refractivity contribution < 1.29 is 113 Å². The summed E-state index contributed by atoms with van der Waals surface area (Å²) in [7, 11) is 9.67. The quantitative estimate of drug-likeness (QED) is 0.0469. The monoisotopic (exact) mass is 1340 g/mol. The van der Waals surface area contributed by atoms with Crippen LogP contribution in [0.1, 0.15) is 134 Å². The molecule has 12 rings (SSSR count). The molecule has 4 aromatic rings.